The van der Waals surface area contributed by atoms with Crippen LogP contribution in [-0.2, 0) is 15.9 Å². The van der Waals surface area contributed by atoms with Crippen LogP contribution in [0.3, 0.4) is 0 Å². The van der Waals surface area contributed by atoms with Crippen molar-refractivity contribution in [1.29, 1.82) is 0 Å². The van der Waals surface area contributed by atoms with Crippen LogP contribution < -0.4 is 10.6 Å². The number of aromatic nitrogens is 2. The zero-order chi connectivity index (χ0) is 20.0. The van der Waals surface area contributed by atoms with Gasteiger partial charge in [-0.3, -0.25) is 0 Å². The van der Waals surface area contributed by atoms with Gasteiger partial charge in [0.15, 0.2) is 5.79 Å². The van der Waals surface area contributed by atoms with Gasteiger partial charge in [0, 0.05) is 18.6 Å². The third-order valence-corrected chi connectivity index (χ3v) is 6.27. The van der Waals surface area contributed by atoms with E-state index in [2.05, 4.69) is 44.9 Å². The van der Waals surface area contributed by atoms with Gasteiger partial charge in [-0.05, 0) is 44.2 Å². The van der Waals surface area contributed by atoms with E-state index in [1.807, 2.05) is 19.9 Å². The summed E-state index contributed by atoms with van der Waals surface area (Å²) in [5.74, 6) is 0.997. The molecule has 1 aromatic carbocycles. The van der Waals surface area contributed by atoms with Crippen LogP contribution in [-0.4, -0.2) is 45.7 Å². The van der Waals surface area contributed by atoms with E-state index in [1.165, 1.54) is 11.1 Å². The minimum absolute atomic E-state index is 0.0360. The van der Waals surface area contributed by atoms with Crippen molar-refractivity contribution < 1.29 is 14.6 Å². The molecule has 2 aliphatic carbocycles. The SMILES string of the molecule is CC1(C)O[C@@H]2[C@@H](CO)C[C@@H](Nc3cc(N[C@H]4CCc5ccccc54)ncn3)[C@H]2O1. The fourth-order valence-electron chi connectivity index (χ4n) is 5.00. The number of anilines is 2. The highest BCUT2D eigenvalue weighted by molar-refractivity contribution is 5.50. The first kappa shape index (κ1) is 18.8. The smallest absolute Gasteiger partial charge is 0.163 e. The number of aliphatic hydroxyl groups is 1. The lowest BCUT2D eigenvalue weighted by Gasteiger charge is -2.24. The summed E-state index contributed by atoms with van der Waals surface area (Å²) in [5, 5.41) is 16.8. The van der Waals surface area contributed by atoms with Crippen molar-refractivity contribution in [2.45, 2.75) is 63.2 Å². The molecule has 1 aromatic heterocycles. The van der Waals surface area contributed by atoms with Crippen LogP contribution in [0.4, 0.5) is 11.6 Å². The molecule has 5 rings (SSSR count). The molecule has 7 heteroatoms. The van der Waals surface area contributed by atoms with E-state index in [0.717, 1.165) is 30.9 Å². The minimum Gasteiger partial charge on any atom is -0.396 e. The van der Waals surface area contributed by atoms with Crippen molar-refractivity contribution in [2.24, 2.45) is 5.92 Å². The number of benzene rings is 1. The van der Waals surface area contributed by atoms with Gasteiger partial charge < -0.3 is 25.2 Å². The third kappa shape index (κ3) is 3.58. The lowest BCUT2D eigenvalue weighted by atomic mass is 10.1. The molecule has 1 aliphatic heterocycles. The molecule has 0 spiro atoms. The Hall–Kier alpha value is -2.22. The molecule has 0 bridgehead atoms. The van der Waals surface area contributed by atoms with Gasteiger partial charge in [-0.15, -0.1) is 0 Å². The summed E-state index contributed by atoms with van der Waals surface area (Å²) in [4.78, 5) is 8.81. The Labute approximate surface area is 170 Å². The molecule has 2 aromatic rings. The van der Waals surface area contributed by atoms with Gasteiger partial charge in [0.05, 0.1) is 18.2 Å². The molecule has 0 unspecified atom stereocenters. The number of hydrogen-bond donors (Lipinski definition) is 3. The summed E-state index contributed by atoms with van der Waals surface area (Å²) in [6.45, 7) is 3.93. The van der Waals surface area contributed by atoms with Crippen LogP contribution in [0.2, 0.25) is 0 Å². The van der Waals surface area contributed by atoms with Crippen LogP contribution in [0.1, 0.15) is 43.9 Å². The summed E-state index contributed by atoms with van der Waals surface area (Å²) < 4.78 is 12.1. The number of nitrogens with zero attached hydrogens (tertiary/aromatic N) is 2. The maximum atomic E-state index is 9.75. The Morgan fingerprint density at radius 3 is 2.69 bits per heavy atom. The van der Waals surface area contributed by atoms with E-state index in [9.17, 15) is 5.11 Å². The second kappa shape index (κ2) is 7.23. The van der Waals surface area contributed by atoms with Crippen LogP contribution >= 0.6 is 0 Å². The van der Waals surface area contributed by atoms with Gasteiger partial charge in [0.25, 0.3) is 0 Å². The molecular formula is C22H28N4O3. The molecule has 2 fully saturated rings. The average Bonchev–Trinajstić information content (AvgIpc) is 3.34. The lowest BCUT2D eigenvalue weighted by Crippen LogP contribution is -2.34. The normalized spacial score (nSPS) is 32.0. The van der Waals surface area contributed by atoms with Crippen molar-refractivity contribution in [2.75, 3.05) is 17.2 Å². The molecule has 0 radical (unpaired) electrons. The molecule has 2 heterocycles. The van der Waals surface area contributed by atoms with E-state index < -0.39 is 5.79 Å². The summed E-state index contributed by atoms with van der Waals surface area (Å²) in [5.41, 5.74) is 2.76. The van der Waals surface area contributed by atoms with Crippen LogP contribution in [0.15, 0.2) is 36.7 Å². The summed E-state index contributed by atoms with van der Waals surface area (Å²) in [6, 6.07) is 10.8. The van der Waals surface area contributed by atoms with E-state index in [1.54, 1.807) is 6.33 Å². The molecule has 1 saturated carbocycles. The maximum Gasteiger partial charge on any atom is 0.163 e. The number of fused-ring (bicyclic) bond motifs is 2. The molecule has 3 aliphatic rings. The Morgan fingerprint density at radius 1 is 1.10 bits per heavy atom. The standard InChI is InChI=1S/C22H28N4O3/c1-22(2)28-20-14(11-27)9-17(21(20)29-22)26-19-10-18(23-12-24-19)25-16-8-7-13-5-3-4-6-15(13)16/h3-6,10,12,14,16-17,20-21,27H,7-9,11H2,1-2H3,(H2,23,24,25,26)/t14-,16+,17-,20-,21-/m1/s1. The topological polar surface area (TPSA) is 88.5 Å². The number of aryl methyl sites for hydroxylation is 1. The van der Waals surface area contributed by atoms with Crippen molar-refractivity contribution in [3.63, 3.8) is 0 Å². The van der Waals surface area contributed by atoms with Gasteiger partial charge in [0.2, 0.25) is 0 Å². The Morgan fingerprint density at radius 2 is 1.86 bits per heavy atom. The van der Waals surface area contributed by atoms with Crippen LogP contribution in [0.25, 0.3) is 0 Å². The first-order valence-corrected chi connectivity index (χ1v) is 10.4. The van der Waals surface area contributed by atoms with Crippen LogP contribution in [0, 0.1) is 5.92 Å². The highest BCUT2D eigenvalue weighted by Gasteiger charge is 2.53. The van der Waals surface area contributed by atoms with Crippen molar-refractivity contribution in [3.05, 3.63) is 47.8 Å². The highest BCUT2D eigenvalue weighted by atomic mass is 16.8. The number of nitrogens with one attached hydrogen (secondary N) is 2. The molecule has 29 heavy (non-hydrogen) atoms. The average molecular weight is 396 g/mol. The predicted molar refractivity (Wildman–Crippen MR) is 110 cm³/mol. The largest absolute Gasteiger partial charge is 0.396 e. The van der Waals surface area contributed by atoms with Gasteiger partial charge in [0.1, 0.15) is 24.1 Å². The quantitative estimate of drug-likeness (QED) is 0.716. The van der Waals surface area contributed by atoms with Crippen molar-refractivity contribution in [3.8, 4) is 0 Å². The summed E-state index contributed by atoms with van der Waals surface area (Å²) in [7, 11) is 0. The Bertz CT molecular complexity index is 890. The molecule has 0 amide bonds. The molecule has 5 atom stereocenters. The van der Waals surface area contributed by atoms with Gasteiger partial charge in [-0.2, -0.15) is 0 Å². The molecular weight excluding hydrogens is 368 g/mol. The van der Waals surface area contributed by atoms with Crippen LogP contribution in [0.5, 0.6) is 0 Å². The number of rotatable bonds is 5. The second-order valence-corrected chi connectivity index (χ2v) is 8.72. The molecule has 3 N–H and O–H groups in total. The number of aliphatic hydroxyl groups excluding tert-OH is 1. The predicted octanol–water partition coefficient (Wildman–Crippen LogP) is 2.89. The molecule has 154 valence electrons. The number of ether oxygens (including phenoxy) is 2. The molecule has 7 nitrogen and oxygen atoms in total. The third-order valence-electron chi connectivity index (χ3n) is 6.27. The van der Waals surface area contributed by atoms with Gasteiger partial charge >= 0.3 is 0 Å². The van der Waals surface area contributed by atoms with E-state index in [-0.39, 0.29) is 36.8 Å². The minimum atomic E-state index is -0.628. The number of hydrogen-bond acceptors (Lipinski definition) is 7. The van der Waals surface area contributed by atoms with Gasteiger partial charge in [-0.1, -0.05) is 24.3 Å². The monoisotopic (exact) mass is 396 g/mol. The maximum absolute atomic E-state index is 9.75. The van der Waals surface area contributed by atoms with Gasteiger partial charge in [-0.25, -0.2) is 9.97 Å². The second-order valence-electron chi connectivity index (χ2n) is 8.72. The van der Waals surface area contributed by atoms with Crippen molar-refractivity contribution >= 4 is 11.6 Å². The zero-order valence-electron chi connectivity index (χ0n) is 16.8. The Kier molecular flexibility index (Phi) is 4.69. The lowest BCUT2D eigenvalue weighted by molar-refractivity contribution is -0.158. The summed E-state index contributed by atoms with van der Waals surface area (Å²) in [6.07, 6.45) is 4.32. The summed E-state index contributed by atoms with van der Waals surface area (Å²) >= 11 is 0. The van der Waals surface area contributed by atoms with E-state index in [0.29, 0.717) is 0 Å². The zero-order valence-corrected chi connectivity index (χ0v) is 16.8. The fourth-order valence-corrected chi connectivity index (χ4v) is 5.00. The first-order valence-electron chi connectivity index (χ1n) is 10.4. The van der Waals surface area contributed by atoms with E-state index >= 15 is 0 Å². The van der Waals surface area contributed by atoms with Crippen molar-refractivity contribution in [1.82, 2.24) is 9.97 Å². The first-order chi connectivity index (χ1) is 14.0. The van der Waals surface area contributed by atoms with E-state index in [4.69, 9.17) is 9.47 Å². The highest BCUT2D eigenvalue weighted by Crippen LogP contribution is 2.42. The molecule has 1 saturated heterocycles. The Balaban J connectivity index is 1.30. The fraction of sp³-hybridized carbons (Fsp3) is 0.545.